The molecule has 4 aliphatic rings. The van der Waals surface area contributed by atoms with Crippen LogP contribution >= 0.6 is 0 Å². The van der Waals surface area contributed by atoms with Gasteiger partial charge in [0, 0.05) is 10.8 Å². The Morgan fingerprint density at radius 1 is 1.14 bits per heavy atom. The van der Waals surface area contributed by atoms with Gasteiger partial charge >= 0.3 is 0 Å². The van der Waals surface area contributed by atoms with E-state index in [1.54, 1.807) is 0 Å². The van der Waals surface area contributed by atoms with Gasteiger partial charge in [-0.3, -0.25) is 0 Å². The summed E-state index contributed by atoms with van der Waals surface area (Å²) in [7, 11) is 0. The van der Waals surface area contributed by atoms with E-state index in [0.29, 0.717) is 11.8 Å². The number of rotatable bonds is 0. The summed E-state index contributed by atoms with van der Waals surface area (Å²) in [5.41, 5.74) is 0.426. The van der Waals surface area contributed by atoms with Gasteiger partial charge in [-0.15, -0.1) is 0 Å². The largest absolute Gasteiger partial charge is 0.392 e. The SMILES string of the molecule is C=C1C[C@]23C[C@H]1CC[C@@]2(O)[C@]1(C)CCCC(C)(C)[C@H]1C[C@@H]3O. The average molecular weight is 304 g/mol. The molecule has 2 nitrogen and oxygen atoms in total. The van der Waals surface area contributed by atoms with Crippen LogP contribution in [0.25, 0.3) is 0 Å². The molecule has 4 rings (SSSR count). The van der Waals surface area contributed by atoms with Gasteiger partial charge in [0.1, 0.15) is 0 Å². The first-order chi connectivity index (χ1) is 10.2. The quantitative estimate of drug-likeness (QED) is 0.663. The van der Waals surface area contributed by atoms with Crippen molar-refractivity contribution < 1.29 is 10.2 Å². The number of hydrogen-bond acceptors (Lipinski definition) is 2. The molecule has 2 bridgehead atoms. The highest BCUT2D eigenvalue weighted by Crippen LogP contribution is 2.73. The summed E-state index contributed by atoms with van der Waals surface area (Å²) in [5.74, 6) is 0.955. The molecule has 1 spiro atoms. The van der Waals surface area contributed by atoms with E-state index >= 15 is 0 Å². The molecule has 4 saturated carbocycles. The Kier molecular flexibility index (Phi) is 2.89. The number of aliphatic hydroxyl groups is 2. The van der Waals surface area contributed by atoms with E-state index in [1.807, 2.05) is 0 Å². The van der Waals surface area contributed by atoms with Crippen molar-refractivity contribution in [3.63, 3.8) is 0 Å². The van der Waals surface area contributed by atoms with Gasteiger partial charge in [-0.05, 0) is 62.2 Å². The van der Waals surface area contributed by atoms with Crippen molar-refractivity contribution in [3.05, 3.63) is 12.2 Å². The zero-order valence-electron chi connectivity index (χ0n) is 14.5. The van der Waals surface area contributed by atoms with Crippen molar-refractivity contribution >= 4 is 0 Å². The van der Waals surface area contributed by atoms with E-state index < -0.39 is 5.60 Å². The summed E-state index contributed by atoms with van der Waals surface area (Å²) >= 11 is 0. The number of hydrogen-bond donors (Lipinski definition) is 2. The van der Waals surface area contributed by atoms with Gasteiger partial charge in [-0.2, -0.15) is 0 Å². The van der Waals surface area contributed by atoms with Crippen LogP contribution in [0.1, 0.15) is 72.1 Å². The van der Waals surface area contributed by atoms with Crippen LogP contribution in [0.2, 0.25) is 0 Å². The second-order valence-electron chi connectivity index (χ2n) is 9.85. The topological polar surface area (TPSA) is 40.5 Å². The first kappa shape index (κ1) is 15.2. The lowest BCUT2D eigenvalue weighted by Gasteiger charge is -2.69. The molecule has 0 aromatic heterocycles. The fraction of sp³-hybridized carbons (Fsp3) is 0.900. The zero-order chi connectivity index (χ0) is 16.0. The lowest BCUT2D eigenvalue weighted by atomic mass is 9.38. The fourth-order valence-electron chi connectivity index (χ4n) is 7.49. The van der Waals surface area contributed by atoms with Crippen LogP contribution < -0.4 is 0 Å². The Balaban J connectivity index is 1.86. The molecule has 0 aromatic rings. The Hall–Kier alpha value is -0.340. The van der Waals surface area contributed by atoms with Crippen LogP contribution in [-0.2, 0) is 0 Å². The number of fused-ring (bicyclic) bond motifs is 3. The maximum atomic E-state index is 12.0. The molecule has 0 aromatic carbocycles. The maximum Gasteiger partial charge on any atom is 0.0788 e. The molecule has 6 atom stereocenters. The Labute approximate surface area is 135 Å². The van der Waals surface area contributed by atoms with Crippen LogP contribution in [0.5, 0.6) is 0 Å². The van der Waals surface area contributed by atoms with Crippen molar-refractivity contribution in [2.24, 2.45) is 28.1 Å². The predicted octanol–water partition coefficient (Wildman–Crippen LogP) is 4.06. The summed E-state index contributed by atoms with van der Waals surface area (Å²) in [5, 5.41) is 23.2. The van der Waals surface area contributed by atoms with Gasteiger partial charge in [0.15, 0.2) is 0 Å². The normalized spacial score (nSPS) is 56.4. The Bertz CT molecular complexity index is 524. The van der Waals surface area contributed by atoms with Gasteiger partial charge < -0.3 is 10.2 Å². The molecule has 2 heteroatoms. The van der Waals surface area contributed by atoms with Crippen molar-refractivity contribution in [1.29, 1.82) is 0 Å². The monoisotopic (exact) mass is 304 g/mol. The van der Waals surface area contributed by atoms with Crippen LogP contribution in [0.4, 0.5) is 0 Å². The van der Waals surface area contributed by atoms with E-state index in [9.17, 15) is 10.2 Å². The Morgan fingerprint density at radius 3 is 2.59 bits per heavy atom. The third-order valence-corrected chi connectivity index (χ3v) is 8.68. The van der Waals surface area contributed by atoms with E-state index in [-0.39, 0.29) is 22.3 Å². The summed E-state index contributed by atoms with van der Waals surface area (Å²) in [4.78, 5) is 0. The van der Waals surface area contributed by atoms with E-state index in [2.05, 4.69) is 27.4 Å². The third-order valence-electron chi connectivity index (χ3n) is 8.68. The maximum absolute atomic E-state index is 12.0. The van der Waals surface area contributed by atoms with E-state index in [1.165, 1.54) is 18.4 Å². The standard InChI is InChI=1S/C20H32O2/c1-13-11-19-12-14(13)6-9-20(19,22)18(4)8-5-7-17(2,3)15(18)10-16(19)21/h14-16,21-22H,1,5-12H2,2-4H3/t14-,15-,16+,18-,19-,20-/m1/s1. The minimum Gasteiger partial charge on any atom is -0.392 e. The molecule has 0 aliphatic heterocycles. The summed E-state index contributed by atoms with van der Waals surface area (Å²) < 4.78 is 0. The summed E-state index contributed by atoms with van der Waals surface area (Å²) in [6.45, 7) is 11.3. The molecule has 0 heterocycles. The lowest BCUT2D eigenvalue weighted by Crippen LogP contribution is -2.71. The molecule has 0 amide bonds. The van der Waals surface area contributed by atoms with Gasteiger partial charge in [-0.25, -0.2) is 0 Å². The second-order valence-corrected chi connectivity index (χ2v) is 9.85. The first-order valence-electron chi connectivity index (χ1n) is 9.24. The molecular weight excluding hydrogens is 272 g/mol. The minimum absolute atomic E-state index is 0.0520. The van der Waals surface area contributed by atoms with Gasteiger partial charge in [0.2, 0.25) is 0 Å². The Morgan fingerprint density at radius 2 is 1.86 bits per heavy atom. The zero-order valence-corrected chi connectivity index (χ0v) is 14.5. The third kappa shape index (κ3) is 1.50. The summed E-state index contributed by atoms with van der Waals surface area (Å²) in [6.07, 6.45) is 7.77. The molecule has 0 radical (unpaired) electrons. The van der Waals surface area contributed by atoms with Crippen LogP contribution in [0.3, 0.4) is 0 Å². The van der Waals surface area contributed by atoms with Crippen molar-refractivity contribution in [1.82, 2.24) is 0 Å². The smallest absolute Gasteiger partial charge is 0.0788 e. The van der Waals surface area contributed by atoms with Crippen molar-refractivity contribution in [3.8, 4) is 0 Å². The second kappa shape index (κ2) is 4.19. The first-order valence-corrected chi connectivity index (χ1v) is 9.24. The molecule has 4 fully saturated rings. The van der Waals surface area contributed by atoms with E-state index in [0.717, 1.165) is 38.5 Å². The molecule has 22 heavy (non-hydrogen) atoms. The molecule has 0 saturated heterocycles. The molecule has 4 aliphatic carbocycles. The van der Waals surface area contributed by atoms with Crippen LogP contribution in [-0.4, -0.2) is 21.9 Å². The molecular formula is C20H32O2. The number of allylic oxidation sites excluding steroid dienone is 1. The predicted molar refractivity (Wildman–Crippen MR) is 88.3 cm³/mol. The average Bonchev–Trinajstić information content (AvgIpc) is 2.72. The highest BCUT2D eigenvalue weighted by molar-refractivity contribution is 5.30. The minimum atomic E-state index is -0.712. The number of aliphatic hydroxyl groups excluding tert-OH is 1. The molecule has 2 N–H and O–H groups in total. The van der Waals surface area contributed by atoms with Gasteiger partial charge in [0.25, 0.3) is 0 Å². The fourth-order valence-corrected chi connectivity index (χ4v) is 7.49. The van der Waals surface area contributed by atoms with Crippen LogP contribution in [0, 0.1) is 28.1 Å². The molecule has 0 unspecified atom stereocenters. The highest BCUT2D eigenvalue weighted by atomic mass is 16.3. The van der Waals surface area contributed by atoms with Gasteiger partial charge in [-0.1, -0.05) is 39.3 Å². The summed E-state index contributed by atoms with van der Waals surface area (Å²) in [6, 6.07) is 0. The highest BCUT2D eigenvalue weighted by Gasteiger charge is 2.73. The lowest BCUT2D eigenvalue weighted by molar-refractivity contribution is -0.292. The van der Waals surface area contributed by atoms with Crippen LogP contribution in [0.15, 0.2) is 12.2 Å². The van der Waals surface area contributed by atoms with Crippen molar-refractivity contribution in [2.45, 2.75) is 83.8 Å². The molecule has 124 valence electrons. The van der Waals surface area contributed by atoms with Gasteiger partial charge in [0.05, 0.1) is 11.7 Å². The van der Waals surface area contributed by atoms with E-state index in [4.69, 9.17) is 0 Å². The van der Waals surface area contributed by atoms with Crippen molar-refractivity contribution in [2.75, 3.05) is 0 Å².